The number of hydrogen-bond donors (Lipinski definition) is 1. The first-order chi connectivity index (χ1) is 8.61. The monoisotopic (exact) mass is 308 g/mol. The van der Waals surface area contributed by atoms with E-state index in [9.17, 15) is 0 Å². The molecule has 1 heterocycles. The summed E-state index contributed by atoms with van der Waals surface area (Å²) in [5.41, 5.74) is 9.08. The molecule has 0 aliphatic carbocycles. The van der Waals surface area contributed by atoms with Crippen LogP contribution in [-0.2, 0) is 0 Å². The fourth-order valence-electron chi connectivity index (χ4n) is 1.86. The van der Waals surface area contributed by atoms with Crippen LogP contribution < -0.4 is 5.73 Å². The van der Waals surface area contributed by atoms with Gasteiger partial charge in [-0.1, -0.05) is 40.5 Å². The van der Waals surface area contributed by atoms with Gasteiger partial charge in [-0.25, -0.2) is 0 Å². The average Bonchev–Trinajstić information content (AvgIpc) is 2.82. The Bertz CT molecular complexity index is 536. The van der Waals surface area contributed by atoms with E-state index >= 15 is 0 Å². The van der Waals surface area contributed by atoms with Gasteiger partial charge >= 0.3 is 0 Å². The van der Waals surface area contributed by atoms with Crippen molar-refractivity contribution in [3.05, 3.63) is 40.1 Å². The van der Waals surface area contributed by atoms with Gasteiger partial charge in [0.25, 0.3) is 0 Å². The zero-order valence-electron chi connectivity index (χ0n) is 10.6. The number of halogens is 1. The molecule has 0 aliphatic rings. The molecule has 1 unspecified atom stereocenters. The third-order valence-corrected chi connectivity index (χ3v) is 3.84. The minimum absolute atomic E-state index is 0.0622. The van der Waals surface area contributed by atoms with Gasteiger partial charge in [0.2, 0.25) is 0 Å². The van der Waals surface area contributed by atoms with Crippen molar-refractivity contribution < 1.29 is 4.52 Å². The Morgan fingerprint density at radius 1 is 1.39 bits per heavy atom. The molecule has 0 spiro atoms. The highest BCUT2D eigenvalue weighted by Gasteiger charge is 2.13. The lowest BCUT2D eigenvalue weighted by molar-refractivity contribution is 0.356. The lowest BCUT2D eigenvalue weighted by Crippen LogP contribution is -2.08. The van der Waals surface area contributed by atoms with E-state index in [1.807, 2.05) is 18.2 Å². The highest BCUT2D eigenvalue weighted by atomic mass is 79.9. The van der Waals surface area contributed by atoms with Crippen molar-refractivity contribution in [1.82, 2.24) is 5.16 Å². The summed E-state index contributed by atoms with van der Waals surface area (Å²) in [5.74, 6) is 0.757. The summed E-state index contributed by atoms with van der Waals surface area (Å²) >= 11 is 3.49. The SMILES string of the molecule is CCCC(N)c1cc(-c2ccc(Br)c(C)c2)no1. The van der Waals surface area contributed by atoms with E-state index in [1.54, 1.807) is 0 Å². The Hall–Kier alpha value is -1.13. The highest BCUT2D eigenvalue weighted by molar-refractivity contribution is 9.10. The summed E-state index contributed by atoms with van der Waals surface area (Å²) in [6.45, 7) is 4.16. The second-order valence-corrected chi connectivity index (χ2v) is 5.33. The Kier molecular flexibility index (Phi) is 4.19. The summed E-state index contributed by atoms with van der Waals surface area (Å²) < 4.78 is 6.41. The quantitative estimate of drug-likeness (QED) is 0.920. The first kappa shape index (κ1) is 13.3. The van der Waals surface area contributed by atoms with Gasteiger partial charge in [0.15, 0.2) is 5.76 Å². The van der Waals surface area contributed by atoms with E-state index < -0.39 is 0 Å². The molecule has 0 bridgehead atoms. The molecule has 2 rings (SSSR count). The topological polar surface area (TPSA) is 52.0 Å². The second kappa shape index (κ2) is 5.67. The summed E-state index contributed by atoms with van der Waals surface area (Å²) in [6, 6.07) is 7.99. The molecule has 4 heteroatoms. The van der Waals surface area contributed by atoms with Crippen molar-refractivity contribution in [1.29, 1.82) is 0 Å². The molecule has 1 atom stereocenters. The minimum atomic E-state index is -0.0622. The number of benzene rings is 1. The maximum absolute atomic E-state index is 6.01. The van der Waals surface area contributed by atoms with Crippen molar-refractivity contribution in [2.45, 2.75) is 32.7 Å². The molecule has 0 saturated heterocycles. The number of aromatic nitrogens is 1. The van der Waals surface area contributed by atoms with Gasteiger partial charge in [0.1, 0.15) is 5.69 Å². The lowest BCUT2D eigenvalue weighted by atomic mass is 10.1. The number of nitrogens with two attached hydrogens (primary N) is 1. The van der Waals surface area contributed by atoms with Gasteiger partial charge in [-0.2, -0.15) is 0 Å². The maximum atomic E-state index is 6.01. The Morgan fingerprint density at radius 2 is 2.17 bits per heavy atom. The van der Waals surface area contributed by atoms with Crippen LogP contribution in [0.4, 0.5) is 0 Å². The fourth-order valence-corrected chi connectivity index (χ4v) is 2.10. The van der Waals surface area contributed by atoms with Crippen LogP contribution in [0.25, 0.3) is 11.3 Å². The highest BCUT2D eigenvalue weighted by Crippen LogP contribution is 2.26. The van der Waals surface area contributed by atoms with E-state index in [0.717, 1.165) is 34.3 Å². The van der Waals surface area contributed by atoms with E-state index in [0.29, 0.717) is 0 Å². The smallest absolute Gasteiger partial charge is 0.154 e. The molecule has 0 amide bonds. The van der Waals surface area contributed by atoms with Gasteiger partial charge in [-0.05, 0) is 31.0 Å². The van der Waals surface area contributed by atoms with Crippen LogP contribution in [0.2, 0.25) is 0 Å². The number of rotatable bonds is 4. The van der Waals surface area contributed by atoms with Gasteiger partial charge in [0, 0.05) is 16.1 Å². The predicted octanol–water partition coefficient (Wildman–Crippen LogP) is 4.21. The molecule has 0 aliphatic heterocycles. The van der Waals surface area contributed by atoms with E-state index in [1.165, 1.54) is 5.56 Å². The zero-order chi connectivity index (χ0) is 13.1. The normalized spacial score (nSPS) is 12.7. The van der Waals surface area contributed by atoms with Gasteiger partial charge in [0.05, 0.1) is 6.04 Å². The van der Waals surface area contributed by atoms with Crippen molar-refractivity contribution in [2.24, 2.45) is 5.73 Å². The lowest BCUT2D eigenvalue weighted by Gasteiger charge is -2.03. The molecular weight excluding hydrogens is 292 g/mol. The van der Waals surface area contributed by atoms with Crippen LogP contribution in [0.15, 0.2) is 33.3 Å². The van der Waals surface area contributed by atoms with E-state index in [2.05, 4.69) is 41.0 Å². The summed E-state index contributed by atoms with van der Waals surface area (Å²) in [6.07, 6.45) is 1.95. The van der Waals surface area contributed by atoms with Crippen LogP contribution in [0, 0.1) is 6.92 Å². The zero-order valence-corrected chi connectivity index (χ0v) is 12.2. The molecule has 1 aromatic carbocycles. The third-order valence-electron chi connectivity index (χ3n) is 2.95. The number of nitrogens with zero attached hydrogens (tertiary/aromatic N) is 1. The number of hydrogen-bond acceptors (Lipinski definition) is 3. The first-order valence-electron chi connectivity index (χ1n) is 6.10. The molecule has 0 radical (unpaired) electrons. The first-order valence-corrected chi connectivity index (χ1v) is 6.90. The third kappa shape index (κ3) is 2.82. The average molecular weight is 309 g/mol. The second-order valence-electron chi connectivity index (χ2n) is 4.47. The molecule has 1 aromatic heterocycles. The molecule has 3 nitrogen and oxygen atoms in total. The van der Waals surface area contributed by atoms with Crippen molar-refractivity contribution in [3.8, 4) is 11.3 Å². The largest absolute Gasteiger partial charge is 0.359 e. The predicted molar refractivity (Wildman–Crippen MR) is 76.2 cm³/mol. The molecule has 0 fully saturated rings. The Morgan fingerprint density at radius 3 is 2.83 bits per heavy atom. The van der Waals surface area contributed by atoms with E-state index in [-0.39, 0.29) is 6.04 Å². The van der Waals surface area contributed by atoms with E-state index in [4.69, 9.17) is 10.3 Å². The van der Waals surface area contributed by atoms with Gasteiger partial charge < -0.3 is 10.3 Å². The minimum Gasteiger partial charge on any atom is -0.359 e. The maximum Gasteiger partial charge on any atom is 0.154 e. The van der Waals surface area contributed by atoms with Crippen LogP contribution >= 0.6 is 15.9 Å². The van der Waals surface area contributed by atoms with Crippen molar-refractivity contribution >= 4 is 15.9 Å². The molecule has 2 N–H and O–H groups in total. The van der Waals surface area contributed by atoms with Crippen LogP contribution in [0.3, 0.4) is 0 Å². The Labute approximate surface area is 115 Å². The number of aryl methyl sites for hydroxylation is 1. The summed E-state index contributed by atoms with van der Waals surface area (Å²) in [4.78, 5) is 0. The van der Waals surface area contributed by atoms with Crippen LogP contribution in [0.5, 0.6) is 0 Å². The van der Waals surface area contributed by atoms with Crippen molar-refractivity contribution in [2.75, 3.05) is 0 Å². The molecule has 18 heavy (non-hydrogen) atoms. The van der Waals surface area contributed by atoms with Gasteiger partial charge in [-0.15, -0.1) is 0 Å². The molecule has 96 valence electrons. The summed E-state index contributed by atoms with van der Waals surface area (Å²) in [7, 11) is 0. The fraction of sp³-hybridized carbons (Fsp3) is 0.357. The van der Waals surface area contributed by atoms with Crippen LogP contribution in [-0.4, -0.2) is 5.16 Å². The molecule has 0 saturated carbocycles. The van der Waals surface area contributed by atoms with Crippen molar-refractivity contribution in [3.63, 3.8) is 0 Å². The summed E-state index contributed by atoms with van der Waals surface area (Å²) in [5, 5.41) is 4.09. The Balaban J connectivity index is 2.26. The molecule has 2 aromatic rings. The standard InChI is InChI=1S/C14H17BrN2O/c1-3-4-12(16)14-8-13(17-18-14)10-5-6-11(15)9(2)7-10/h5-8,12H,3-4,16H2,1-2H3. The van der Waals surface area contributed by atoms with Crippen LogP contribution in [0.1, 0.15) is 37.1 Å². The molecular formula is C14H17BrN2O. The van der Waals surface area contributed by atoms with Gasteiger partial charge in [-0.3, -0.25) is 0 Å².